The molecule has 257 valence electrons. The molecule has 31 radical (unpaired) electrons. The minimum absolute atomic E-state index is 0.232. The zero-order valence-corrected chi connectivity index (χ0v) is 36.2. The molecule has 3 nitrogen and oxygen atoms in total. The predicted octanol–water partition coefficient (Wildman–Crippen LogP) is -3.00. The van der Waals surface area contributed by atoms with Gasteiger partial charge in [-0.3, -0.25) is 0 Å². The van der Waals surface area contributed by atoms with Crippen molar-refractivity contribution in [3.63, 3.8) is 0 Å². The lowest BCUT2D eigenvalue weighted by atomic mass is 8.32. The van der Waals surface area contributed by atoms with Crippen LogP contribution in [0.15, 0.2) is 115 Å². The molecule has 1 heterocycles. The number of fused-ring (bicyclic) bond motifs is 3. The highest BCUT2D eigenvalue weighted by molar-refractivity contribution is 8.26. The summed E-state index contributed by atoms with van der Waals surface area (Å²) in [6, 6.07) is 38.8. The van der Waals surface area contributed by atoms with Gasteiger partial charge in [0.05, 0.1) is 16.7 Å². The molecule has 64 heavy (non-hydrogen) atoms. The molecule has 0 aliphatic heterocycles. The summed E-state index contributed by atoms with van der Waals surface area (Å²) in [6.45, 7) is 2.51. The Kier molecular flexibility index (Phi) is 19.6. The van der Waals surface area contributed by atoms with Gasteiger partial charge in [-0.15, -0.1) is 0 Å². The first-order chi connectivity index (χ1) is 30.4. The number of rotatable bonds is 18. The van der Waals surface area contributed by atoms with Crippen LogP contribution in [-0.2, 0) is 6.61 Å². The number of phenols is 1. The minimum Gasteiger partial charge on any atom is -0.507 e. The Balaban J connectivity index is 0.000000247. The van der Waals surface area contributed by atoms with Crippen LogP contribution in [0.3, 0.4) is 0 Å². The molecule has 1 aromatic heterocycles. The van der Waals surface area contributed by atoms with Crippen LogP contribution in [0.5, 0.6) is 11.5 Å². The van der Waals surface area contributed by atoms with E-state index >= 15 is 0 Å². The molecule has 0 unspecified atom stereocenters. The number of aromatic nitrogens is 1. The number of para-hydroxylation sites is 3. The van der Waals surface area contributed by atoms with Gasteiger partial charge in [0.25, 0.3) is 0 Å². The van der Waals surface area contributed by atoms with E-state index < -0.39 is 83.0 Å². The number of aryl methyl sites for hydroxylation is 1. The van der Waals surface area contributed by atoms with E-state index in [1.54, 1.807) is 6.07 Å². The third-order valence-corrected chi connectivity index (χ3v) is 12.0. The third-order valence-electron chi connectivity index (χ3n) is 12.0. The third kappa shape index (κ3) is 12.1. The fourth-order valence-corrected chi connectivity index (χ4v) is 9.25. The first-order valence-electron chi connectivity index (χ1n) is 21.1. The molecular weight excluding hydrogens is 744 g/mol. The normalized spacial score (nSPS) is 10.4. The molecule has 0 atom stereocenters. The number of benzene rings is 5. The molecule has 1 N–H and O–H groups in total. The van der Waals surface area contributed by atoms with E-state index in [0.29, 0.717) is 6.61 Å². The molecule has 0 fully saturated rings. The maximum Gasteiger partial charge on any atom is 0.151 e. The van der Waals surface area contributed by atoms with Crippen LogP contribution in [0.1, 0.15) is 11.1 Å². The Hall–Kier alpha value is -2.62. The van der Waals surface area contributed by atoms with E-state index in [-0.39, 0.29) is 5.75 Å². The van der Waals surface area contributed by atoms with Crippen LogP contribution in [0, 0.1) is 6.92 Å². The minimum atomic E-state index is -1.03. The van der Waals surface area contributed by atoms with Gasteiger partial charge in [0.2, 0.25) is 0 Å². The van der Waals surface area contributed by atoms with E-state index in [1.165, 1.54) is 17.8 Å². The van der Waals surface area contributed by atoms with Gasteiger partial charge in [0.1, 0.15) is 12.4 Å². The highest BCUT2D eigenvalue weighted by atomic mass is 16.5. The van der Waals surface area contributed by atoms with Crippen LogP contribution < -0.4 is 4.74 Å². The Labute approximate surface area is 408 Å². The lowest BCUT2D eigenvalue weighted by Gasteiger charge is -2.49. The summed E-state index contributed by atoms with van der Waals surface area (Å²) in [7, 11) is 91.2. The number of ether oxygens (including phenoxy) is 1. The Bertz CT molecular complexity index is 2310. The van der Waals surface area contributed by atoms with Crippen LogP contribution in [0.25, 0.3) is 38.6 Å². The highest BCUT2D eigenvalue weighted by Crippen LogP contribution is 2.43. The second-order valence-electron chi connectivity index (χ2n) is 16.5. The van der Waals surface area contributed by atoms with Crippen LogP contribution >= 0.6 is 0 Å². The zero-order chi connectivity index (χ0) is 47.0. The van der Waals surface area contributed by atoms with Crippen LogP contribution in [0.4, 0.5) is 0 Å². The second kappa shape index (κ2) is 23.9. The van der Waals surface area contributed by atoms with E-state index in [1.807, 2.05) is 36.4 Å². The average Bonchev–Trinajstić information content (AvgIpc) is 3.56. The van der Waals surface area contributed by atoms with Gasteiger partial charge < -0.3 is 14.4 Å². The maximum atomic E-state index is 10.8. The molecular formula is C32H25B29NO2. The van der Waals surface area contributed by atoms with Crippen LogP contribution in [-0.4, -0.2) is 216 Å². The lowest BCUT2D eigenvalue weighted by Crippen LogP contribution is -2.87. The molecule has 5 aromatic carbocycles. The summed E-state index contributed by atoms with van der Waals surface area (Å²) in [5.41, 5.74) is 6.99. The van der Waals surface area contributed by atoms with Gasteiger partial charge in [0.15, 0.2) is 5.75 Å². The molecule has 32 heteroatoms. The predicted molar refractivity (Wildman–Crippen MR) is 310 cm³/mol. The number of nitrogens with zero attached hydrogens (tertiary/aromatic N) is 1. The van der Waals surface area contributed by atoms with Gasteiger partial charge >= 0.3 is 0 Å². The van der Waals surface area contributed by atoms with Gasteiger partial charge in [-0.05, 0) is 48.4 Å². The first-order valence-corrected chi connectivity index (χ1v) is 21.1. The van der Waals surface area contributed by atoms with Gasteiger partial charge in [-0.1, -0.05) is 84.9 Å². The number of hydrogen-bond acceptors (Lipinski definition) is 2. The van der Waals surface area contributed by atoms with Crippen molar-refractivity contribution in [2.45, 2.75) is 13.5 Å². The van der Waals surface area contributed by atoms with E-state index in [0.717, 1.165) is 44.7 Å². The Morgan fingerprint density at radius 3 is 1.39 bits per heavy atom. The summed E-state index contributed by atoms with van der Waals surface area (Å²) >= 11 is 0. The molecule has 0 saturated heterocycles. The fourth-order valence-electron chi connectivity index (χ4n) is 9.25. The molecule has 0 amide bonds. The monoisotopic (exact) mass is 774 g/mol. The van der Waals surface area contributed by atoms with E-state index in [9.17, 15) is 5.11 Å². The quantitative estimate of drug-likeness (QED) is 0.0949. The van der Waals surface area contributed by atoms with Crippen molar-refractivity contribution in [1.29, 1.82) is 0 Å². The topological polar surface area (TPSA) is 34.4 Å². The molecule has 6 rings (SSSR count). The summed E-state index contributed by atoms with van der Waals surface area (Å²) in [4.78, 5) is 0. The van der Waals surface area contributed by atoms with Crippen molar-refractivity contribution in [1.82, 2.24) is 4.57 Å². The van der Waals surface area contributed by atoms with Gasteiger partial charge in [-0.25, -0.2) is 0 Å². The number of hydrogen-bond donors (Lipinski definition) is 1. The fraction of sp³-hybridized carbons (Fsp3) is 0.0625. The van der Waals surface area contributed by atoms with Crippen LogP contribution in [0.2, 0.25) is 0 Å². The Morgan fingerprint density at radius 2 is 0.938 bits per heavy atom. The van der Waals surface area contributed by atoms with Gasteiger partial charge in [-0.2, -0.15) is 0 Å². The van der Waals surface area contributed by atoms with Crippen molar-refractivity contribution in [2.24, 2.45) is 0 Å². The largest absolute Gasteiger partial charge is 0.507 e. The van der Waals surface area contributed by atoms with Crippen molar-refractivity contribution in [3.8, 4) is 28.3 Å². The summed E-state index contributed by atoms with van der Waals surface area (Å²) in [6.07, 6.45) is -11.9. The molecule has 0 aliphatic rings. The average molecular weight is 769 g/mol. The first kappa shape index (κ1) is 52.4. The molecule has 0 aliphatic carbocycles. The summed E-state index contributed by atoms with van der Waals surface area (Å²) in [5, 5.41) is 13.2. The van der Waals surface area contributed by atoms with E-state index in [2.05, 4.69) is 84.3 Å². The Morgan fingerprint density at radius 1 is 0.500 bits per heavy atom. The zero-order valence-electron chi connectivity index (χ0n) is 36.2. The van der Waals surface area contributed by atoms with Crippen molar-refractivity contribution in [3.05, 3.63) is 126 Å². The maximum absolute atomic E-state index is 10.8. The second-order valence-corrected chi connectivity index (χ2v) is 16.5. The lowest BCUT2D eigenvalue weighted by molar-refractivity contribution is 0.306. The van der Waals surface area contributed by atoms with E-state index in [4.69, 9.17) is 121 Å². The molecule has 0 spiro atoms. The molecule has 0 bridgehead atoms. The standard InChI is InChI=1S/C32H25NO2.B29/c1-22-19-27(26-15-7-10-18-31(26)34)32(35-21-23-11-3-2-4-12-23)30(20-22)33-28-16-8-5-13-24(28)25-14-6-9-17-29(25)33;1-16-24(17(2)3)28(25(18(4)5)19(6)7)29(26(20(8)9)21(10)11)27(22(12)13)23(14)15/h2-20,34H,21H2,1H3;. The molecule has 0 saturated carbocycles. The smallest absolute Gasteiger partial charge is 0.151 e. The highest BCUT2D eigenvalue weighted by Gasteiger charge is 2.51. The summed E-state index contributed by atoms with van der Waals surface area (Å²) in [5.74, 6) is 0.975. The molecule has 6 aromatic rings. The number of phenolic OH excluding ortho intramolecular Hbond substituents is 1. The van der Waals surface area contributed by atoms with Crippen molar-refractivity contribution < 1.29 is 9.84 Å². The van der Waals surface area contributed by atoms with Crippen molar-refractivity contribution >= 4 is 228 Å². The SMILES string of the molecule is Cc1cc(-c2ccccc2O)c(OCc2ccccc2)c(-n2c3ccccc3c3ccccc32)c1.[B][B]B(B([B])[B])B(B(B([B])[B])B([B])[B])B(B(B([B])[B])B([B])[B])B(B([B])[B])B([B])[B]. The summed E-state index contributed by atoms with van der Waals surface area (Å²) < 4.78 is 8.89. The van der Waals surface area contributed by atoms with Gasteiger partial charge in [0, 0.05) is 228 Å². The number of aromatic hydroxyl groups is 1. The van der Waals surface area contributed by atoms with Crippen molar-refractivity contribution in [2.75, 3.05) is 0 Å².